The summed E-state index contributed by atoms with van der Waals surface area (Å²) in [5.74, 6) is 4.21. The molecule has 3 unspecified atom stereocenters. The normalized spacial score (nSPS) is 36.7. The predicted octanol–water partition coefficient (Wildman–Crippen LogP) is 2.74. The van der Waals surface area contributed by atoms with Gasteiger partial charge in [-0.3, -0.25) is 0 Å². The monoisotopic (exact) mass is 250 g/mol. The van der Waals surface area contributed by atoms with Crippen molar-refractivity contribution >= 4 is 0 Å². The molecule has 2 nitrogen and oxygen atoms in total. The predicted molar refractivity (Wildman–Crippen MR) is 76.6 cm³/mol. The Balaban J connectivity index is 1.46. The van der Waals surface area contributed by atoms with Crippen molar-refractivity contribution in [2.24, 2.45) is 23.7 Å². The minimum Gasteiger partial charge on any atom is -0.317 e. The van der Waals surface area contributed by atoms with E-state index in [1.165, 1.54) is 45.6 Å². The van der Waals surface area contributed by atoms with Crippen molar-refractivity contribution in [2.45, 2.75) is 45.4 Å². The molecule has 18 heavy (non-hydrogen) atoms. The Labute approximate surface area is 113 Å². The first-order chi connectivity index (χ1) is 8.85. The molecule has 0 amide bonds. The molecule has 2 heteroatoms. The maximum atomic E-state index is 3.48. The minimum absolute atomic E-state index is 0.963. The second-order valence-corrected chi connectivity index (χ2v) is 6.98. The number of nitrogens with one attached hydrogen (secondary N) is 1. The Kier molecular flexibility index (Phi) is 4.25. The molecule has 0 aromatic heterocycles. The lowest BCUT2D eigenvalue weighted by atomic mass is 9.88. The molecule has 3 rings (SSSR count). The van der Waals surface area contributed by atoms with Crippen LogP contribution in [-0.2, 0) is 0 Å². The van der Waals surface area contributed by atoms with Crippen LogP contribution in [0.2, 0.25) is 0 Å². The number of fused-ring (bicyclic) bond motifs is 2. The summed E-state index contributed by atoms with van der Waals surface area (Å²) in [5, 5.41) is 3.48. The van der Waals surface area contributed by atoms with Crippen LogP contribution in [0.25, 0.3) is 0 Å². The average Bonchev–Trinajstić information content (AvgIpc) is 3.01. The highest BCUT2D eigenvalue weighted by Gasteiger charge is 2.39. The summed E-state index contributed by atoms with van der Waals surface area (Å²) < 4.78 is 0. The zero-order chi connectivity index (χ0) is 12.4. The van der Waals surface area contributed by atoms with E-state index in [4.69, 9.17) is 0 Å². The van der Waals surface area contributed by atoms with Gasteiger partial charge < -0.3 is 10.2 Å². The Morgan fingerprint density at radius 1 is 1.00 bits per heavy atom. The third-order valence-corrected chi connectivity index (χ3v) is 5.80. The summed E-state index contributed by atoms with van der Waals surface area (Å²) in [4.78, 5) is 2.77. The molecule has 0 aromatic rings. The topological polar surface area (TPSA) is 15.3 Å². The first-order valence-corrected chi connectivity index (χ1v) is 8.28. The molecule has 2 bridgehead atoms. The smallest absolute Gasteiger partial charge is 0.00124 e. The van der Waals surface area contributed by atoms with E-state index in [1.54, 1.807) is 25.7 Å². The van der Waals surface area contributed by atoms with Crippen molar-refractivity contribution in [3.05, 3.63) is 0 Å². The molecule has 0 radical (unpaired) electrons. The molecule has 2 aliphatic carbocycles. The first-order valence-electron chi connectivity index (χ1n) is 8.28. The van der Waals surface area contributed by atoms with E-state index in [2.05, 4.69) is 17.1 Å². The van der Waals surface area contributed by atoms with Gasteiger partial charge in [-0.2, -0.15) is 0 Å². The quantitative estimate of drug-likeness (QED) is 0.807. The fourth-order valence-electron chi connectivity index (χ4n) is 4.69. The van der Waals surface area contributed by atoms with Gasteiger partial charge >= 0.3 is 0 Å². The number of piperidine rings is 1. The molecule has 1 heterocycles. The van der Waals surface area contributed by atoms with Crippen molar-refractivity contribution in [1.29, 1.82) is 0 Å². The van der Waals surface area contributed by atoms with E-state index in [0.717, 1.165) is 23.7 Å². The molecule has 1 aliphatic heterocycles. The van der Waals surface area contributed by atoms with Crippen LogP contribution < -0.4 is 5.32 Å². The highest BCUT2D eigenvalue weighted by molar-refractivity contribution is 4.91. The van der Waals surface area contributed by atoms with Gasteiger partial charge in [-0.1, -0.05) is 13.3 Å². The summed E-state index contributed by atoms with van der Waals surface area (Å²) in [6.45, 7) is 8.88. The third-order valence-electron chi connectivity index (χ3n) is 5.80. The van der Waals surface area contributed by atoms with E-state index >= 15 is 0 Å². The largest absolute Gasteiger partial charge is 0.317 e. The van der Waals surface area contributed by atoms with Gasteiger partial charge in [-0.15, -0.1) is 0 Å². The summed E-state index contributed by atoms with van der Waals surface area (Å²) in [5.41, 5.74) is 0. The zero-order valence-electron chi connectivity index (χ0n) is 12.0. The molecule has 0 spiro atoms. The van der Waals surface area contributed by atoms with Crippen LogP contribution in [0.15, 0.2) is 0 Å². The maximum absolute atomic E-state index is 3.48. The van der Waals surface area contributed by atoms with Gasteiger partial charge in [0.1, 0.15) is 0 Å². The average molecular weight is 250 g/mol. The van der Waals surface area contributed by atoms with Crippen molar-refractivity contribution in [3.63, 3.8) is 0 Å². The van der Waals surface area contributed by atoms with Crippen LogP contribution in [-0.4, -0.2) is 37.6 Å². The number of hydrogen-bond donors (Lipinski definition) is 1. The standard InChI is InChI=1S/C16H30N2/c1-2-18(11-13-5-7-17-8-6-13)12-16-10-14-3-4-15(16)9-14/h13-17H,2-12H2,1H3. The lowest BCUT2D eigenvalue weighted by Gasteiger charge is -2.33. The summed E-state index contributed by atoms with van der Waals surface area (Å²) in [6, 6.07) is 0. The summed E-state index contributed by atoms with van der Waals surface area (Å²) in [7, 11) is 0. The Morgan fingerprint density at radius 3 is 2.44 bits per heavy atom. The fourth-order valence-corrected chi connectivity index (χ4v) is 4.69. The second kappa shape index (κ2) is 5.92. The number of nitrogens with zero attached hydrogens (tertiary/aromatic N) is 1. The summed E-state index contributed by atoms with van der Waals surface area (Å²) in [6.07, 6.45) is 8.99. The van der Waals surface area contributed by atoms with E-state index in [1.807, 2.05) is 0 Å². The van der Waals surface area contributed by atoms with Crippen LogP contribution in [0, 0.1) is 23.7 Å². The fraction of sp³-hybridized carbons (Fsp3) is 1.00. The van der Waals surface area contributed by atoms with Crippen LogP contribution in [0.5, 0.6) is 0 Å². The van der Waals surface area contributed by atoms with Gasteiger partial charge in [0.05, 0.1) is 0 Å². The van der Waals surface area contributed by atoms with Crippen LogP contribution in [0.1, 0.15) is 45.4 Å². The van der Waals surface area contributed by atoms with E-state index in [-0.39, 0.29) is 0 Å². The Bertz CT molecular complexity index is 260. The molecule has 3 aliphatic rings. The molecular weight excluding hydrogens is 220 g/mol. The highest BCUT2D eigenvalue weighted by Crippen LogP contribution is 2.48. The van der Waals surface area contributed by atoms with Crippen molar-refractivity contribution in [1.82, 2.24) is 10.2 Å². The molecular formula is C16H30N2. The minimum atomic E-state index is 0.963. The van der Waals surface area contributed by atoms with Crippen molar-refractivity contribution in [3.8, 4) is 0 Å². The molecule has 3 atom stereocenters. The zero-order valence-corrected chi connectivity index (χ0v) is 12.0. The number of rotatable bonds is 5. The molecule has 104 valence electrons. The van der Waals surface area contributed by atoms with Crippen molar-refractivity contribution in [2.75, 3.05) is 32.7 Å². The van der Waals surface area contributed by atoms with Crippen LogP contribution in [0.4, 0.5) is 0 Å². The molecule has 1 N–H and O–H groups in total. The SMILES string of the molecule is CCN(CC1CCNCC1)CC1CC2CCC1C2. The second-order valence-electron chi connectivity index (χ2n) is 6.98. The van der Waals surface area contributed by atoms with Crippen LogP contribution >= 0.6 is 0 Å². The van der Waals surface area contributed by atoms with Gasteiger partial charge in [0.25, 0.3) is 0 Å². The van der Waals surface area contributed by atoms with E-state index < -0.39 is 0 Å². The summed E-state index contributed by atoms with van der Waals surface area (Å²) >= 11 is 0. The van der Waals surface area contributed by atoms with Gasteiger partial charge in [-0.25, -0.2) is 0 Å². The van der Waals surface area contributed by atoms with Gasteiger partial charge in [-0.05, 0) is 75.4 Å². The lowest BCUT2D eigenvalue weighted by molar-refractivity contribution is 0.161. The maximum Gasteiger partial charge on any atom is 0.00124 e. The molecule has 0 aromatic carbocycles. The Morgan fingerprint density at radius 2 is 1.83 bits per heavy atom. The first kappa shape index (κ1) is 12.9. The third kappa shape index (κ3) is 2.91. The molecule has 2 saturated carbocycles. The molecule has 3 fully saturated rings. The van der Waals surface area contributed by atoms with E-state index in [9.17, 15) is 0 Å². The number of hydrogen-bond acceptors (Lipinski definition) is 2. The highest BCUT2D eigenvalue weighted by atomic mass is 15.1. The van der Waals surface area contributed by atoms with Gasteiger partial charge in [0, 0.05) is 13.1 Å². The van der Waals surface area contributed by atoms with Gasteiger partial charge in [0.2, 0.25) is 0 Å². The Hall–Kier alpha value is -0.0800. The van der Waals surface area contributed by atoms with Gasteiger partial charge in [0.15, 0.2) is 0 Å². The van der Waals surface area contributed by atoms with Crippen LogP contribution in [0.3, 0.4) is 0 Å². The van der Waals surface area contributed by atoms with E-state index in [0.29, 0.717) is 0 Å². The van der Waals surface area contributed by atoms with Crippen molar-refractivity contribution < 1.29 is 0 Å². The lowest BCUT2D eigenvalue weighted by Crippen LogP contribution is -2.39. The molecule has 1 saturated heterocycles.